The van der Waals surface area contributed by atoms with Crippen LogP contribution in [-0.2, 0) is 19.1 Å². The third kappa shape index (κ3) is 4.07. The number of rotatable bonds is 8. The van der Waals surface area contributed by atoms with E-state index in [-0.39, 0.29) is 24.3 Å². The third-order valence-electron chi connectivity index (χ3n) is 2.63. The van der Waals surface area contributed by atoms with Crippen molar-refractivity contribution in [2.75, 3.05) is 40.0 Å². The van der Waals surface area contributed by atoms with E-state index in [9.17, 15) is 9.59 Å². The average molecular weight is 244 g/mol. The lowest BCUT2D eigenvalue weighted by Crippen LogP contribution is -2.40. The van der Waals surface area contributed by atoms with Gasteiger partial charge in [0.2, 0.25) is 11.8 Å². The molecule has 2 amide bonds. The molecule has 1 aliphatic heterocycles. The first-order valence-electron chi connectivity index (χ1n) is 5.85. The van der Waals surface area contributed by atoms with Crippen molar-refractivity contribution in [1.29, 1.82) is 0 Å². The Balaban J connectivity index is 2.16. The summed E-state index contributed by atoms with van der Waals surface area (Å²) in [6.45, 7) is 4.41. The van der Waals surface area contributed by atoms with Crippen molar-refractivity contribution in [3.8, 4) is 0 Å². The van der Waals surface area contributed by atoms with Crippen LogP contribution in [0.4, 0.5) is 0 Å². The summed E-state index contributed by atoms with van der Waals surface area (Å²) in [5.41, 5.74) is 0. The maximum atomic E-state index is 11.7. The molecule has 0 saturated carbocycles. The minimum atomic E-state index is -0.381. The van der Waals surface area contributed by atoms with Gasteiger partial charge in [-0.05, 0) is 6.92 Å². The van der Waals surface area contributed by atoms with Gasteiger partial charge in [0.05, 0.1) is 32.3 Å². The van der Waals surface area contributed by atoms with E-state index < -0.39 is 0 Å². The molecular weight excluding hydrogens is 224 g/mol. The molecule has 0 radical (unpaired) electrons. The van der Waals surface area contributed by atoms with Crippen LogP contribution in [-0.4, -0.2) is 62.8 Å². The molecule has 98 valence electrons. The largest absolute Gasteiger partial charge is 0.382 e. The van der Waals surface area contributed by atoms with Gasteiger partial charge in [0.25, 0.3) is 0 Å². The van der Waals surface area contributed by atoms with Gasteiger partial charge in [-0.15, -0.1) is 0 Å². The van der Waals surface area contributed by atoms with Crippen LogP contribution in [0.2, 0.25) is 0 Å². The number of methoxy groups -OCH3 is 1. The maximum Gasteiger partial charge on any atom is 0.246 e. The first kappa shape index (κ1) is 14.1. The molecule has 1 N–H and O–H groups in total. The van der Waals surface area contributed by atoms with Gasteiger partial charge in [0.1, 0.15) is 0 Å². The Bertz CT molecular complexity index is 270. The zero-order chi connectivity index (χ0) is 12.7. The SMILES string of the molecule is CCN1C(=O)CC(NCCOCCOC)C1=O. The normalized spacial score (nSPS) is 20.4. The highest BCUT2D eigenvalue weighted by Crippen LogP contribution is 2.11. The van der Waals surface area contributed by atoms with Gasteiger partial charge in [-0.3, -0.25) is 14.5 Å². The lowest BCUT2D eigenvalue weighted by Gasteiger charge is -2.13. The Labute approximate surface area is 101 Å². The molecule has 1 unspecified atom stereocenters. The van der Waals surface area contributed by atoms with Crippen LogP contribution >= 0.6 is 0 Å². The Kier molecular flexibility index (Phi) is 6.10. The molecule has 0 aromatic heterocycles. The number of hydrogen-bond acceptors (Lipinski definition) is 5. The highest BCUT2D eigenvalue weighted by molar-refractivity contribution is 6.05. The van der Waals surface area contributed by atoms with E-state index in [0.717, 1.165) is 0 Å². The second-order valence-corrected chi connectivity index (χ2v) is 3.79. The van der Waals surface area contributed by atoms with Crippen LogP contribution in [0.1, 0.15) is 13.3 Å². The Morgan fingerprint density at radius 2 is 2.12 bits per heavy atom. The number of ether oxygens (including phenoxy) is 2. The van der Waals surface area contributed by atoms with E-state index >= 15 is 0 Å². The van der Waals surface area contributed by atoms with Gasteiger partial charge in [-0.2, -0.15) is 0 Å². The predicted molar refractivity (Wildman–Crippen MR) is 61.5 cm³/mol. The summed E-state index contributed by atoms with van der Waals surface area (Å²) in [6.07, 6.45) is 0.255. The van der Waals surface area contributed by atoms with Crippen molar-refractivity contribution >= 4 is 11.8 Å². The van der Waals surface area contributed by atoms with Crippen LogP contribution in [0.25, 0.3) is 0 Å². The number of carbonyl (C=O) groups excluding carboxylic acids is 2. The number of nitrogens with one attached hydrogen (secondary N) is 1. The molecule has 0 bridgehead atoms. The smallest absolute Gasteiger partial charge is 0.246 e. The van der Waals surface area contributed by atoms with Crippen LogP contribution in [0, 0.1) is 0 Å². The summed E-state index contributed by atoms with van der Waals surface area (Å²) < 4.78 is 10.1. The molecule has 0 spiro atoms. The Morgan fingerprint density at radius 1 is 1.35 bits per heavy atom. The van der Waals surface area contributed by atoms with Gasteiger partial charge in [0.15, 0.2) is 0 Å². The average Bonchev–Trinajstić information content (AvgIpc) is 2.58. The fourth-order valence-electron chi connectivity index (χ4n) is 1.72. The van der Waals surface area contributed by atoms with Gasteiger partial charge in [-0.1, -0.05) is 0 Å². The fraction of sp³-hybridized carbons (Fsp3) is 0.818. The molecule has 6 nitrogen and oxygen atoms in total. The van der Waals surface area contributed by atoms with Crippen LogP contribution in [0.3, 0.4) is 0 Å². The number of hydrogen-bond donors (Lipinski definition) is 1. The first-order chi connectivity index (χ1) is 8.20. The van der Waals surface area contributed by atoms with Crippen LogP contribution < -0.4 is 5.32 Å². The minimum absolute atomic E-state index is 0.102. The minimum Gasteiger partial charge on any atom is -0.382 e. The monoisotopic (exact) mass is 244 g/mol. The highest BCUT2D eigenvalue weighted by atomic mass is 16.5. The quantitative estimate of drug-likeness (QED) is 0.455. The van der Waals surface area contributed by atoms with Gasteiger partial charge in [-0.25, -0.2) is 0 Å². The summed E-state index contributed by atoms with van der Waals surface area (Å²) in [4.78, 5) is 24.4. The fourth-order valence-corrected chi connectivity index (χ4v) is 1.72. The first-order valence-corrected chi connectivity index (χ1v) is 5.85. The number of carbonyl (C=O) groups is 2. The Hall–Kier alpha value is -0.980. The number of nitrogens with zero attached hydrogens (tertiary/aromatic N) is 1. The van der Waals surface area contributed by atoms with Crippen LogP contribution in [0.15, 0.2) is 0 Å². The molecule has 1 saturated heterocycles. The lowest BCUT2D eigenvalue weighted by molar-refractivity contribution is -0.138. The molecule has 1 fully saturated rings. The van der Waals surface area contributed by atoms with Gasteiger partial charge >= 0.3 is 0 Å². The summed E-state index contributed by atoms with van der Waals surface area (Å²) in [6, 6.07) is -0.381. The molecule has 1 heterocycles. The molecule has 1 rings (SSSR count). The van der Waals surface area contributed by atoms with E-state index in [0.29, 0.717) is 32.9 Å². The van der Waals surface area contributed by atoms with E-state index in [1.807, 2.05) is 0 Å². The molecule has 1 atom stereocenters. The molecule has 1 aliphatic rings. The van der Waals surface area contributed by atoms with E-state index in [4.69, 9.17) is 9.47 Å². The number of amides is 2. The zero-order valence-corrected chi connectivity index (χ0v) is 10.4. The summed E-state index contributed by atoms with van der Waals surface area (Å²) in [5, 5.41) is 3.03. The van der Waals surface area contributed by atoms with Gasteiger partial charge in [0, 0.05) is 20.2 Å². The number of likely N-dealkylation sites (tertiary alicyclic amines) is 1. The van der Waals surface area contributed by atoms with Gasteiger partial charge < -0.3 is 14.8 Å². The zero-order valence-electron chi connectivity index (χ0n) is 10.4. The van der Waals surface area contributed by atoms with Crippen LogP contribution in [0.5, 0.6) is 0 Å². The van der Waals surface area contributed by atoms with E-state index in [1.165, 1.54) is 4.90 Å². The van der Waals surface area contributed by atoms with Crippen molar-refractivity contribution in [3.63, 3.8) is 0 Å². The van der Waals surface area contributed by atoms with E-state index in [1.54, 1.807) is 14.0 Å². The molecule has 17 heavy (non-hydrogen) atoms. The lowest BCUT2D eigenvalue weighted by atomic mass is 10.2. The molecule has 0 aliphatic carbocycles. The number of likely N-dealkylation sites (N-methyl/N-ethyl adjacent to an activating group) is 1. The second-order valence-electron chi connectivity index (χ2n) is 3.79. The van der Waals surface area contributed by atoms with Crippen molar-refractivity contribution in [1.82, 2.24) is 10.2 Å². The highest BCUT2D eigenvalue weighted by Gasteiger charge is 2.36. The van der Waals surface area contributed by atoms with E-state index in [2.05, 4.69) is 5.32 Å². The predicted octanol–water partition coefficient (Wildman–Crippen LogP) is -0.614. The maximum absolute atomic E-state index is 11.7. The van der Waals surface area contributed by atoms with Crippen molar-refractivity contribution in [3.05, 3.63) is 0 Å². The third-order valence-corrected chi connectivity index (χ3v) is 2.63. The standard InChI is InChI=1S/C11H20N2O4/c1-3-13-10(14)8-9(11(13)15)12-4-5-17-7-6-16-2/h9,12H,3-8H2,1-2H3. The molecule has 0 aromatic carbocycles. The molecular formula is C11H20N2O4. The van der Waals surface area contributed by atoms with Crippen molar-refractivity contribution < 1.29 is 19.1 Å². The summed E-state index contributed by atoms with van der Waals surface area (Å²) >= 11 is 0. The van der Waals surface area contributed by atoms with Crippen molar-refractivity contribution in [2.24, 2.45) is 0 Å². The summed E-state index contributed by atoms with van der Waals surface area (Å²) in [7, 11) is 1.61. The molecule has 0 aromatic rings. The number of imide groups is 1. The topological polar surface area (TPSA) is 67.9 Å². The Morgan fingerprint density at radius 3 is 2.71 bits per heavy atom. The second kappa shape index (κ2) is 7.37. The molecule has 6 heteroatoms. The van der Waals surface area contributed by atoms with Crippen molar-refractivity contribution in [2.45, 2.75) is 19.4 Å². The summed E-state index contributed by atoms with van der Waals surface area (Å²) in [5.74, 6) is -0.232.